The zero-order chi connectivity index (χ0) is 20.8. The van der Waals surface area contributed by atoms with Gasteiger partial charge in [-0.15, -0.1) is 0 Å². The predicted molar refractivity (Wildman–Crippen MR) is 116 cm³/mol. The van der Waals surface area contributed by atoms with Crippen LogP contribution in [0.3, 0.4) is 0 Å². The van der Waals surface area contributed by atoms with Crippen LogP contribution in [-0.4, -0.2) is 0 Å². The molecule has 4 aromatic rings. The summed E-state index contributed by atoms with van der Waals surface area (Å²) in [5, 5.41) is 20.7. The highest BCUT2D eigenvalue weighted by Crippen LogP contribution is 2.37. The fraction of sp³-hybridized carbons (Fsp3) is 0.0769. The van der Waals surface area contributed by atoms with Gasteiger partial charge in [0.2, 0.25) is 0 Å². The molecule has 0 saturated heterocycles. The molecule has 4 aromatic carbocycles. The Kier molecular flexibility index (Phi) is 6.03. The molecule has 0 atom stereocenters. The van der Waals surface area contributed by atoms with Crippen molar-refractivity contribution in [2.75, 3.05) is 0 Å². The quantitative estimate of drug-likeness (QED) is 0.374. The Morgan fingerprint density at radius 3 is 1.83 bits per heavy atom. The van der Waals surface area contributed by atoms with E-state index in [4.69, 9.17) is 0 Å². The molecule has 3 heteroatoms. The molecule has 0 unspecified atom stereocenters. The van der Waals surface area contributed by atoms with E-state index in [1.54, 1.807) is 0 Å². The van der Waals surface area contributed by atoms with Crippen molar-refractivity contribution < 1.29 is 4.39 Å². The Bertz CT molecular complexity index is 1220. The first kappa shape index (κ1) is 19.8. The second-order valence-corrected chi connectivity index (χ2v) is 6.18. The van der Waals surface area contributed by atoms with Crippen molar-refractivity contribution >= 4 is 10.8 Å². The molecule has 140 valence electrons. The van der Waals surface area contributed by atoms with E-state index in [0.717, 1.165) is 27.5 Å². The Balaban J connectivity index is 0.00000117. The molecule has 0 aliphatic heterocycles. The van der Waals surface area contributed by atoms with Crippen LogP contribution in [0.1, 0.15) is 25.0 Å². The van der Waals surface area contributed by atoms with Gasteiger partial charge in [0, 0.05) is 0 Å². The summed E-state index contributed by atoms with van der Waals surface area (Å²) in [5.74, 6) is -0.772. The smallest absolute Gasteiger partial charge is 0.158 e. The van der Waals surface area contributed by atoms with Crippen molar-refractivity contribution in [3.05, 3.63) is 95.8 Å². The molecule has 0 aliphatic rings. The minimum absolute atomic E-state index is 0.128. The fourth-order valence-electron chi connectivity index (χ4n) is 3.37. The first-order valence-electron chi connectivity index (χ1n) is 9.44. The molecule has 0 amide bonds. The molecule has 0 aliphatic carbocycles. The molecule has 2 nitrogen and oxygen atoms in total. The van der Waals surface area contributed by atoms with Crippen molar-refractivity contribution in [2.45, 2.75) is 13.8 Å². The molecular formula is C26H19FN2. The Hall–Kier alpha value is -3.95. The van der Waals surface area contributed by atoms with Gasteiger partial charge in [-0.3, -0.25) is 0 Å². The summed E-state index contributed by atoms with van der Waals surface area (Å²) in [6, 6.07) is 28.7. The molecule has 0 N–H and O–H groups in total. The van der Waals surface area contributed by atoms with Gasteiger partial charge in [0.05, 0.1) is 11.1 Å². The van der Waals surface area contributed by atoms with Crippen LogP contribution in [0.5, 0.6) is 0 Å². The average Bonchev–Trinajstić information content (AvgIpc) is 2.80. The summed E-state index contributed by atoms with van der Waals surface area (Å²) in [6.07, 6.45) is 0. The Morgan fingerprint density at radius 2 is 1.17 bits per heavy atom. The molecule has 0 bridgehead atoms. The van der Waals surface area contributed by atoms with Gasteiger partial charge in [0.1, 0.15) is 12.1 Å². The van der Waals surface area contributed by atoms with Gasteiger partial charge in [-0.1, -0.05) is 80.6 Å². The third-order valence-electron chi connectivity index (χ3n) is 4.63. The minimum Gasteiger partial charge on any atom is -0.204 e. The predicted octanol–water partition coefficient (Wildman–Crippen LogP) is 7.08. The number of fused-ring (bicyclic) bond motifs is 1. The normalized spacial score (nSPS) is 9.83. The second kappa shape index (κ2) is 8.83. The van der Waals surface area contributed by atoms with Crippen LogP contribution in [0.25, 0.3) is 33.0 Å². The molecule has 0 radical (unpaired) electrons. The van der Waals surface area contributed by atoms with E-state index in [9.17, 15) is 14.9 Å². The summed E-state index contributed by atoms with van der Waals surface area (Å²) in [7, 11) is 0. The van der Waals surface area contributed by atoms with Gasteiger partial charge < -0.3 is 0 Å². The van der Waals surface area contributed by atoms with Gasteiger partial charge in [-0.25, -0.2) is 4.39 Å². The number of hydrogen-bond acceptors (Lipinski definition) is 2. The van der Waals surface area contributed by atoms with Gasteiger partial charge in [0.15, 0.2) is 5.82 Å². The summed E-state index contributed by atoms with van der Waals surface area (Å²) < 4.78 is 14.2. The van der Waals surface area contributed by atoms with E-state index >= 15 is 0 Å². The topological polar surface area (TPSA) is 47.6 Å². The van der Waals surface area contributed by atoms with Crippen LogP contribution in [0, 0.1) is 28.5 Å². The number of nitriles is 2. The lowest BCUT2D eigenvalue weighted by molar-refractivity contribution is 0.620. The van der Waals surface area contributed by atoms with Crippen molar-refractivity contribution in [3.8, 4) is 34.4 Å². The molecule has 0 aromatic heterocycles. The van der Waals surface area contributed by atoms with Gasteiger partial charge in [-0.05, 0) is 45.2 Å². The van der Waals surface area contributed by atoms with E-state index in [1.807, 2.05) is 74.5 Å². The maximum Gasteiger partial charge on any atom is 0.158 e. The highest BCUT2D eigenvalue weighted by molar-refractivity contribution is 6.00. The molecule has 29 heavy (non-hydrogen) atoms. The van der Waals surface area contributed by atoms with E-state index in [1.165, 1.54) is 12.1 Å². The SMILES string of the molecule is CC.N#Cc1cc(-c2ccccc2-c2cccc3ccccc23)cc(C#N)c1F. The van der Waals surface area contributed by atoms with Gasteiger partial charge in [-0.2, -0.15) is 10.5 Å². The maximum absolute atomic E-state index is 14.2. The number of halogens is 1. The number of rotatable bonds is 2. The van der Waals surface area contributed by atoms with Gasteiger partial charge >= 0.3 is 0 Å². The lowest BCUT2D eigenvalue weighted by atomic mass is 9.90. The van der Waals surface area contributed by atoms with Crippen molar-refractivity contribution in [2.24, 2.45) is 0 Å². The van der Waals surface area contributed by atoms with Crippen molar-refractivity contribution in [3.63, 3.8) is 0 Å². The maximum atomic E-state index is 14.2. The van der Waals surface area contributed by atoms with Crippen molar-refractivity contribution in [1.29, 1.82) is 10.5 Å². The second-order valence-electron chi connectivity index (χ2n) is 6.18. The average molecular weight is 378 g/mol. The van der Waals surface area contributed by atoms with Gasteiger partial charge in [0.25, 0.3) is 0 Å². The molecule has 0 heterocycles. The third kappa shape index (κ3) is 3.72. The van der Waals surface area contributed by atoms with Crippen LogP contribution < -0.4 is 0 Å². The standard InChI is InChI=1S/C24H13FN2.C2H6/c25-24-18(14-26)12-17(13-19(24)15-27)21-9-3-4-10-22(21)23-11-5-7-16-6-1-2-8-20(16)23;1-2/h1-13H;1-2H3. The van der Waals surface area contributed by atoms with Crippen LogP contribution in [0.4, 0.5) is 4.39 Å². The number of hydrogen-bond donors (Lipinski definition) is 0. The molecule has 0 spiro atoms. The minimum atomic E-state index is -0.772. The first-order chi connectivity index (χ1) is 14.2. The number of nitrogens with zero attached hydrogens (tertiary/aromatic N) is 2. The summed E-state index contributed by atoms with van der Waals surface area (Å²) in [6.45, 7) is 4.00. The lowest BCUT2D eigenvalue weighted by Crippen LogP contribution is -1.93. The van der Waals surface area contributed by atoms with Crippen LogP contribution >= 0.6 is 0 Å². The largest absolute Gasteiger partial charge is 0.204 e. The Labute approximate surface area is 170 Å². The van der Waals surface area contributed by atoms with E-state index < -0.39 is 5.82 Å². The molecule has 0 saturated carbocycles. The highest BCUT2D eigenvalue weighted by atomic mass is 19.1. The Morgan fingerprint density at radius 1 is 0.655 bits per heavy atom. The first-order valence-corrected chi connectivity index (χ1v) is 9.44. The van der Waals surface area contributed by atoms with E-state index in [2.05, 4.69) is 18.2 Å². The van der Waals surface area contributed by atoms with Crippen molar-refractivity contribution in [1.82, 2.24) is 0 Å². The fourth-order valence-corrected chi connectivity index (χ4v) is 3.37. The zero-order valence-corrected chi connectivity index (χ0v) is 16.3. The van der Waals surface area contributed by atoms with Crippen LogP contribution in [0.2, 0.25) is 0 Å². The van der Waals surface area contributed by atoms with Crippen LogP contribution in [-0.2, 0) is 0 Å². The van der Waals surface area contributed by atoms with Crippen LogP contribution in [0.15, 0.2) is 78.9 Å². The molecule has 4 rings (SSSR count). The van der Waals surface area contributed by atoms with E-state index in [0.29, 0.717) is 5.56 Å². The zero-order valence-electron chi connectivity index (χ0n) is 16.3. The summed E-state index contributed by atoms with van der Waals surface area (Å²) in [5.41, 5.74) is 3.25. The summed E-state index contributed by atoms with van der Waals surface area (Å²) in [4.78, 5) is 0. The highest BCUT2D eigenvalue weighted by Gasteiger charge is 2.15. The number of benzene rings is 4. The molecular weight excluding hydrogens is 359 g/mol. The van der Waals surface area contributed by atoms with E-state index in [-0.39, 0.29) is 11.1 Å². The lowest BCUT2D eigenvalue weighted by Gasteiger charge is -2.13. The summed E-state index contributed by atoms with van der Waals surface area (Å²) >= 11 is 0. The monoisotopic (exact) mass is 378 g/mol. The third-order valence-corrected chi connectivity index (χ3v) is 4.63. The molecule has 0 fully saturated rings.